The van der Waals surface area contributed by atoms with E-state index in [2.05, 4.69) is 4.74 Å². The summed E-state index contributed by atoms with van der Waals surface area (Å²) >= 11 is 0. The quantitative estimate of drug-likeness (QED) is 0.759. The minimum absolute atomic E-state index is 0.0718. The molecule has 0 unspecified atom stereocenters. The third-order valence-corrected chi connectivity index (χ3v) is 2.78. The molecule has 1 amide bonds. The van der Waals surface area contributed by atoms with Gasteiger partial charge in [0.15, 0.2) is 0 Å². The van der Waals surface area contributed by atoms with Crippen LogP contribution < -0.4 is 4.74 Å². The van der Waals surface area contributed by atoms with E-state index in [9.17, 15) is 13.6 Å². The van der Waals surface area contributed by atoms with E-state index in [-0.39, 0.29) is 17.2 Å². The lowest BCUT2D eigenvalue weighted by Gasteiger charge is -2.21. The molecule has 0 aliphatic heterocycles. The topological polar surface area (TPSA) is 29.5 Å². The number of hydrogen-bond acceptors (Lipinski definition) is 2. The van der Waals surface area contributed by atoms with E-state index >= 15 is 0 Å². The second kappa shape index (κ2) is 7.71. The van der Waals surface area contributed by atoms with Gasteiger partial charge < -0.3 is 9.64 Å². The molecular weight excluding hydrogens is 252 g/mol. The molecule has 1 rings (SSSR count). The Kier molecular flexibility index (Phi) is 6.25. The van der Waals surface area contributed by atoms with Gasteiger partial charge in [-0.25, -0.2) is 0 Å². The zero-order valence-corrected chi connectivity index (χ0v) is 11.2. The lowest BCUT2D eigenvalue weighted by Crippen LogP contribution is -2.32. The molecule has 0 saturated carbocycles. The number of nitrogens with zero attached hydrogens (tertiary/aromatic N) is 1. The Morgan fingerprint density at radius 2 is 2.00 bits per heavy atom. The Balaban J connectivity index is 2.90. The van der Waals surface area contributed by atoms with E-state index in [1.165, 1.54) is 12.1 Å². The van der Waals surface area contributed by atoms with Gasteiger partial charge in [0.2, 0.25) is 0 Å². The van der Waals surface area contributed by atoms with Crippen molar-refractivity contribution in [1.82, 2.24) is 4.90 Å². The molecule has 0 aliphatic rings. The van der Waals surface area contributed by atoms with Crippen LogP contribution >= 0.6 is 0 Å². The van der Waals surface area contributed by atoms with Crippen molar-refractivity contribution in [1.29, 1.82) is 0 Å². The smallest absolute Gasteiger partial charge is 0.387 e. The van der Waals surface area contributed by atoms with Crippen LogP contribution in [0.4, 0.5) is 8.78 Å². The molecule has 0 aliphatic carbocycles. The number of alkyl halides is 2. The monoisotopic (exact) mass is 271 g/mol. The molecule has 0 N–H and O–H groups in total. The van der Waals surface area contributed by atoms with Crippen LogP contribution in [0.5, 0.6) is 5.75 Å². The Labute approximate surface area is 112 Å². The first-order chi connectivity index (χ1) is 9.10. The highest BCUT2D eigenvalue weighted by Gasteiger charge is 2.19. The third-order valence-electron chi connectivity index (χ3n) is 2.78. The van der Waals surface area contributed by atoms with Gasteiger partial charge >= 0.3 is 6.61 Å². The number of carbonyl (C=O) groups excluding carboxylic acids is 1. The summed E-state index contributed by atoms with van der Waals surface area (Å²) in [6.45, 7) is 2.13. The zero-order valence-electron chi connectivity index (χ0n) is 11.2. The number of para-hydroxylation sites is 1. The number of hydrogen-bond donors (Lipinski definition) is 0. The fraction of sp³-hybridized carbons (Fsp3) is 0.500. The van der Waals surface area contributed by atoms with Crippen molar-refractivity contribution in [2.45, 2.75) is 33.3 Å². The molecule has 19 heavy (non-hydrogen) atoms. The van der Waals surface area contributed by atoms with Crippen molar-refractivity contribution in [3.8, 4) is 5.75 Å². The van der Waals surface area contributed by atoms with Gasteiger partial charge in [-0.05, 0) is 25.5 Å². The van der Waals surface area contributed by atoms with Gasteiger partial charge in [-0.15, -0.1) is 0 Å². The second-order valence-electron chi connectivity index (χ2n) is 4.11. The molecule has 3 nitrogen and oxygen atoms in total. The van der Waals surface area contributed by atoms with E-state index < -0.39 is 6.61 Å². The maximum atomic E-state index is 12.3. The number of halogens is 2. The van der Waals surface area contributed by atoms with Crippen LogP contribution in [0.3, 0.4) is 0 Å². The number of carbonyl (C=O) groups is 1. The van der Waals surface area contributed by atoms with E-state index in [1.807, 2.05) is 13.8 Å². The van der Waals surface area contributed by atoms with E-state index in [4.69, 9.17) is 0 Å². The third kappa shape index (κ3) is 4.50. The molecule has 0 atom stereocenters. The summed E-state index contributed by atoms with van der Waals surface area (Å²) in [6.07, 6.45) is 1.86. The minimum atomic E-state index is -2.93. The Bertz CT molecular complexity index is 410. The van der Waals surface area contributed by atoms with Gasteiger partial charge in [0.25, 0.3) is 5.91 Å². The normalized spacial score (nSPS) is 10.6. The molecular formula is C14H19F2NO2. The molecule has 0 radical (unpaired) electrons. The standard InChI is InChI=1S/C14H19F2NO2/c1-3-5-10-17(4-2)13(18)11-8-6-7-9-12(11)19-14(15)16/h6-9,14H,3-5,10H2,1-2H3. The molecule has 1 aromatic rings. The fourth-order valence-electron chi connectivity index (χ4n) is 1.76. The second-order valence-corrected chi connectivity index (χ2v) is 4.11. The van der Waals surface area contributed by atoms with Gasteiger partial charge in [-0.1, -0.05) is 25.5 Å². The van der Waals surface area contributed by atoms with Crippen LogP contribution in [0.25, 0.3) is 0 Å². The fourth-order valence-corrected chi connectivity index (χ4v) is 1.76. The minimum Gasteiger partial charge on any atom is -0.434 e. The highest BCUT2D eigenvalue weighted by Crippen LogP contribution is 2.22. The molecule has 106 valence electrons. The lowest BCUT2D eigenvalue weighted by molar-refractivity contribution is -0.0502. The zero-order chi connectivity index (χ0) is 14.3. The number of benzene rings is 1. The molecule has 1 aromatic carbocycles. The summed E-state index contributed by atoms with van der Waals surface area (Å²) in [5, 5.41) is 0. The predicted molar refractivity (Wildman–Crippen MR) is 69.6 cm³/mol. The number of rotatable bonds is 7. The van der Waals surface area contributed by atoms with Crippen molar-refractivity contribution >= 4 is 5.91 Å². The summed E-state index contributed by atoms with van der Waals surface area (Å²) in [6, 6.07) is 6.09. The maximum absolute atomic E-state index is 12.3. The van der Waals surface area contributed by atoms with Crippen molar-refractivity contribution in [3.05, 3.63) is 29.8 Å². The van der Waals surface area contributed by atoms with E-state index in [1.54, 1.807) is 17.0 Å². The van der Waals surface area contributed by atoms with E-state index in [0.29, 0.717) is 13.1 Å². The SMILES string of the molecule is CCCCN(CC)C(=O)c1ccccc1OC(F)F. The van der Waals surface area contributed by atoms with Crippen LogP contribution in [0.15, 0.2) is 24.3 Å². The van der Waals surface area contributed by atoms with Gasteiger partial charge in [-0.3, -0.25) is 4.79 Å². The first kappa shape index (κ1) is 15.4. The molecule has 5 heteroatoms. The largest absolute Gasteiger partial charge is 0.434 e. The molecule has 0 spiro atoms. The van der Waals surface area contributed by atoms with Crippen molar-refractivity contribution in [3.63, 3.8) is 0 Å². The number of ether oxygens (including phenoxy) is 1. The number of amides is 1. The van der Waals surface area contributed by atoms with Crippen molar-refractivity contribution < 1.29 is 18.3 Å². The lowest BCUT2D eigenvalue weighted by atomic mass is 10.1. The number of unbranched alkanes of at least 4 members (excludes halogenated alkanes) is 1. The van der Waals surface area contributed by atoms with Crippen LogP contribution in [-0.2, 0) is 0 Å². The van der Waals surface area contributed by atoms with Crippen LogP contribution in [0.1, 0.15) is 37.0 Å². The molecule has 0 bridgehead atoms. The van der Waals surface area contributed by atoms with Crippen LogP contribution in [0.2, 0.25) is 0 Å². The highest BCUT2D eigenvalue weighted by atomic mass is 19.3. The average Bonchev–Trinajstić information content (AvgIpc) is 2.39. The Hall–Kier alpha value is -1.65. The molecule has 0 saturated heterocycles. The average molecular weight is 271 g/mol. The molecule has 0 heterocycles. The predicted octanol–water partition coefficient (Wildman–Crippen LogP) is 3.55. The first-order valence-corrected chi connectivity index (χ1v) is 6.43. The Morgan fingerprint density at radius 1 is 1.32 bits per heavy atom. The maximum Gasteiger partial charge on any atom is 0.387 e. The summed E-state index contributed by atoms with van der Waals surface area (Å²) in [7, 11) is 0. The summed E-state index contributed by atoms with van der Waals surface area (Å²) in [5.41, 5.74) is 0.181. The van der Waals surface area contributed by atoms with E-state index in [0.717, 1.165) is 12.8 Å². The van der Waals surface area contributed by atoms with Gasteiger partial charge in [-0.2, -0.15) is 8.78 Å². The van der Waals surface area contributed by atoms with Gasteiger partial charge in [0, 0.05) is 13.1 Å². The highest BCUT2D eigenvalue weighted by molar-refractivity contribution is 5.96. The van der Waals surface area contributed by atoms with Crippen LogP contribution in [0, 0.1) is 0 Å². The summed E-state index contributed by atoms with van der Waals surface area (Å²) in [5.74, 6) is -0.343. The summed E-state index contributed by atoms with van der Waals surface area (Å²) in [4.78, 5) is 13.9. The van der Waals surface area contributed by atoms with Gasteiger partial charge in [0.05, 0.1) is 5.56 Å². The van der Waals surface area contributed by atoms with Crippen molar-refractivity contribution in [2.75, 3.05) is 13.1 Å². The summed E-state index contributed by atoms with van der Waals surface area (Å²) < 4.78 is 29.0. The van der Waals surface area contributed by atoms with Crippen molar-refractivity contribution in [2.24, 2.45) is 0 Å². The molecule has 0 aromatic heterocycles. The molecule has 0 fully saturated rings. The van der Waals surface area contributed by atoms with Crippen LogP contribution in [-0.4, -0.2) is 30.5 Å². The Morgan fingerprint density at radius 3 is 2.58 bits per heavy atom. The van der Waals surface area contributed by atoms with Gasteiger partial charge in [0.1, 0.15) is 5.75 Å². The first-order valence-electron chi connectivity index (χ1n) is 6.43.